The zero-order chi connectivity index (χ0) is 18.4. The van der Waals surface area contributed by atoms with Crippen LogP contribution in [0.2, 0.25) is 0 Å². The van der Waals surface area contributed by atoms with E-state index in [0.29, 0.717) is 29.3 Å². The molecule has 0 atom stereocenters. The number of hydrogen-bond acceptors (Lipinski definition) is 4. The van der Waals surface area contributed by atoms with Gasteiger partial charge in [-0.2, -0.15) is 0 Å². The SMILES string of the molecule is CCCn1cc(NC(=O)c2ccccc2Oc2cccnc2)ccc1=O. The molecule has 0 saturated heterocycles. The average molecular weight is 349 g/mol. The summed E-state index contributed by atoms with van der Waals surface area (Å²) in [7, 11) is 0. The van der Waals surface area contributed by atoms with E-state index in [1.165, 1.54) is 6.07 Å². The van der Waals surface area contributed by atoms with Crippen LogP contribution < -0.4 is 15.6 Å². The van der Waals surface area contributed by atoms with Crippen LogP contribution in [0.3, 0.4) is 0 Å². The molecule has 0 unspecified atom stereocenters. The van der Waals surface area contributed by atoms with Crippen LogP contribution in [0, 0.1) is 0 Å². The Labute approximate surface area is 151 Å². The lowest BCUT2D eigenvalue weighted by Gasteiger charge is -2.12. The van der Waals surface area contributed by atoms with Crippen molar-refractivity contribution < 1.29 is 9.53 Å². The Morgan fingerprint density at radius 1 is 1.15 bits per heavy atom. The predicted octanol–water partition coefficient (Wildman–Crippen LogP) is 3.70. The number of aryl methyl sites for hydroxylation is 1. The Kier molecular flexibility index (Phi) is 5.43. The maximum Gasteiger partial charge on any atom is 0.259 e. The van der Waals surface area contributed by atoms with Gasteiger partial charge in [-0.05, 0) is 36.8 Å². The predicted molar refractivity (Wildman–Crippen MR) is 99.7 cm³/mol. The lowest BCUT2D eigenvalue weighted by atomic mass is 10.2. The molecule has 1 aromatic carbocycles. The number of benzene rings is 1. The van der Waals surface area contributed by atoms with Crippen molar-refractivity contribution in [1.82, 2.24) is 9.55 Å². The Morgan fingerprint density at radius 3 is 2.77 bits per heavy atom. The van der Waals surface area contributed by atoms with E-state index in [1.54, 1.807) is 65.6 Å². The van der Waals surface area contributed by atoms with E-state index >= 15 is 0 Å². The number of nitrogens with zero attached hydrogens (tertiary/aromatic N) is 2. The van der Waals surface area contributed by atoms with E-state index in [2.05, 4.69) is 10.3 Å². The standard InChI is InChI=1S/C20H19N3O3/c1-2-12-23-14-15(9-10-19(23)24)22-20(25)17-7-3-4-8-18(17)26-16-6-5-11-21-13-16/h3-11,13-14H,2,12H2,1H3,(H,22,25). The van der Waals surface area contributed by atoms with E-state index in [1.807, 2.05) is 6.92 Å². The highest BCUT2D eigenvalue weighted by Crippen LogP contribution is 2.25. The second-order valence-corrected chi connectivity index (χ2v) is 5.69. The smallest absolute Gasteiger partial charge is 0.259 e. The van der Waals surface area contributed by atoms with Crippen molar-refractivity contribution in [3.05, 3.63) is 83.0 Å². The molecule has 0 aliphatic heterocycles. The molecule has 26 heavy (non-hydrogen) atoms. The molecular formula is C20H19N3O3. The van der Waals surface area contributed by atoms with Crippen LogP contribution in [0.1, 0.15) is 23.7 Å². The van der Waals surface area contributed by atoms with Gasteiger partial charge in [0.15, 0.2) is 0 Å². The van der Waals surface area contributed by atoms with Crippen LogP contribution in [0.25, 0.3) is 0 Å². The van der Waals surface area contributed by atoms with Gasteiger partial charge in [-0.1, -0.05) is 19.1 Å². The molecule has 0 radical (unpaired) electrons. The first-order chi connectivity index (χ1) is 12.7. The highest BCUT2D eigenvalue weighted by atomic mass is 16.5. The number of carbonyl (C=O) groups excluding carboxylic acids is 1. The van der Waals surface area contributed by atoms with Crippen LogP contribution in [0.4, 0.5) is 5.69 Å². The minimum atomic E-state index is -0.314. The highest BCUT2D eigenvalue weighted by Gasteiger charge is 2.13. The molecule has 132 valence electrons. The number of pyridine rings is 2. The lowest BCUT2D eigenvalue weighted by Crippen LogP contribution is -2.20. The van der Waals surface area contributed by atoms with Gasteiger partial charge in [-0.3, -0.25) is 14.6 Å². The summed E-state index contributed by atoms with van der Waals surface area (Å²) in [6.45, 7) is 2.59. The van der Waals surface area contributed by atoms with E-state index in [0.717, 1.165) is 6.42 Å². The first-order valence-electron chi connectivity index (χ1n) is 8.36. The van der Waals surface area contributed by atoms with Crippen molar-refractivity contribution >= 4 is 11.6 Å². The van der Waals surface area contributed by atoms with Crippen LogP contribution >= 0.6 is 0 Å². The van der Waals surface area contributed by atoms with E-state index in [9.17, 15) is 9.59 Å². The summed E-state index contributed by atoms with van der Waals surface area (Å²) in [5.74, 6) is 0.662. The van der Waals surface area contributed by atoms with Crippen molar-refractivity contribution in [2.75, 3.05) is 5.32 Å². The number of para-hydroxylation sites is 1. The molecule has 0 spiro atoms. The van der Waals surface area contributed by atoms with Crippen LogP contribution in [0.15, 0.2) is 71.9 Å². The van der Waals surface area contributed by atoms with Crippen molar-refractivity contribution in [3.63, 3.8) is 0 Å². The fourth-order valence-electron chi connectivity index (χ4n) is 2.50. The summed E-state index contributed by atoms with van der Waals surface area (Å²) in [5.41, 5.74) is 0.856. The number of rotatable bonds is 6. The molecule has 0 fully saturated rings. The number of nitrogens with one attached hydrogen (secondary N) is 1. The molecule has 3 aromatic rings. The molecule has 3 rings (SSSR count). The molecule has 6 nitrogen and oxygen atoms in total. The van der Waals surface area contributed by atoms with Gasteiger partial charge in [0.05, 0.1) is 17.4 Å². The fourth-order valence-corrected chi connectivity index (χ4v) is 2.50. The molecule has 0 bridgehead atoms. The molecule has 2 heterocycles. The minimum Gasteiger partial charge on any atom is -0.455 e. The number of amides is 1. The van der Waals surface area contributed by atoms with Crippen LogP contribution in [-0.2, 0) is 6.54 Å². The second-order valence-electron chi connectivity index (χ2n) is 5.69. The number of hydrogen-bond donors (Lipinski definition) is 1. The average Bonchev–Trinajstić information content (AvgIpc) is 2.66. The Morgan fingerprint density at radius 2 is 2.00 bits per heavy atom. The molecule has 1 N–H and O–H groups in total. The maximum absolute atomic E-state index is 12.7. The number of carbonyl (C=O) groups is 1. The molecule has 0 aliphatic rings. The molecule has 6 heteroatoms. The van der Waals surface area contributed by atoms with Gasteiger partial charge >= 0.3 is 0 Å². The zero-order valence-electron chi connectivity index (χ0n) is 14.4. The third kappa shape index (κ3) is 4.16. The van der Waals surface area contributed by atoms with Gasteiger partial charge in [0.2, 0.25) is 0 Å². The zero-order valence-corrected chi connectivity index (χ0v) is 14.4. The Balaban J connectivity index is 1.82. The van der Waals surface area contributed by atoms with Crippen molar-refractivity contribution in [2.24, 2.45) is 0 Å². The van der Waals surface area contributed by atoms with E-state index in [4.69, 9.17) is 4.74 Å². The van der Waals surface area contributed by atoms with Crippen molar-refractivity contribution in [1.29, 1.82) is 0 Å². The summed E-state index contributed by atoms with van der Waals surface area (Å²) >= 11 is 0. The van der Waals surface area contributed by atoms with Gasteiger partial charge in [-0.25, -0.2) is 0 Å². The normalized spacial score (nSPS) is 10.3. The van der Waals surface area contributed by atoms with Crippen molar-refractivity contribution in [3.8, 4) is 11.5 Å². The monoisotopic (exact) mass is 349 g/mol. The van der Waals surface area contributed by atoms with Crippen LogP contribution in [0.5, 0.6) is 11.5 Å². The maximum atomic E-state index is 12.7. The van der Waals surface area contributed by atoms with Gasteiger partial charge in [0.1, 0.15) is 11.5 Å². The quantitative estimate of drug-likeness (QED) is 0.736. The van der Waals surface area contributed by atoms with Crippen LogP contribution in [-0.4, -0.2) is 15.5 Å². The second kappa shape index (κ2) is 8.11. The van der Waals surface area contributed by atoms with Gasteiger partial charge in [-0.15, -0.1) is 0 Å². The highest BCUT2D eigenvalue weighted by molar-refractivity contribution is 6.06. The summed E-state index contributed by atoms with van der Waals surface area (Å²) in [6, 6.07) is 13.5. The van der Waals surface area contributed by atoms with E-state index in [-0.39, 0.29) is 11.5 Å². The fraction of sp³-hybridized carbons (Fsp3) is 0.150. The van der Waals surface area contributed by atoms with E-state index < -0.39 is 0 Å². The third-order valence-corrected chi connectivity index (χ3v) is 3.70. The number of aromatic nitrogens is 2. The topological polar surface area (TPSA) is 73.2 Å². The van der Waals surface area contributed by atoms with Gasteiger partial charge < -0.3 is 14.6 Å². The first-order valence-corrected chi connectivity index (χ1v) is 8.36. The summed E-state index contributed by atoms with van der Waals surface area (Å²) in [6.07, 6.45) is 5.71. The summed E-state index contributed by atoms with van der Waals surface area (Å²) in [5, 5.41) is 2.82. The largest absolute Gasteiger partial charge is 0.455 e. The minimum absolute atomic E-state index is 0.0924. The molecule has 0 saturated carbocycles. The van der Waals surface area contributed by atoms with Gasteiger partial charge in [0, 0.05) is 25.0 Å². The number of anilines is 1. The Bertz CT molecular complexity index is 952. The summed E-state index contributed by atoms with van der Waals surface area (Å²) < 4.78 is 7.35. The van der Waals surface area contributed by atoms with Crippen molar-refractivity contribution in [2.45, 2.75) is 19.9 Å². The number of ether oxygens (including phenoxy) is 1. The Hall–Kier alpha value is -3.41. The molecule has 0 aliphatic carbocycles. The first kappa shape index (κ1) is 17.4. The molecule has 2 aromatic heterocycles. The summed E-state index contributed by atoms with van der Waals surface area (Å²) in [4.78, 5) is 28.5. The molecular weight excluding hydrogens is 330 g/mol. The van der Waals surface area contributed by atoms with Gasteiger partial charge in [0.25, 0.3) is 11.5 Å². The third-order valence-electron chi connectivity index (χ3n) is 3.70. The molecule has 1 amide bonds. The lowest BCUT2D eigenvalue weighted by molar-refractivity contribution is 0.102.